The number of hydrogen-bond acceptors (Lipinski definition) is 11. The van der Waals surface area contributed by atoms with Crippen LogP contribution >= 0.6 is 0 Å². The quantitative estimate of drug-likeness (QED) is 0.211. The van der Waals surface area contributed by atoms with Gasteiger partial charge in [-0.1, -0.05) is 5.16 Å². The Labute approximate surface area is 222 Å². The van der Waals surface area contributed by atoms with Crippen molar-refractivity contribution in [1.29, 1.82) is 0 Å². The molecule has 3 aliphatic rings. The van der Waals surface area contributed by atoms with E-state index in [0.717, 1.165) is 0 Å². The maximum absolute atomic E-state index is 13.8. The Kier molecular flexibility index (Phi) is 6.11. The van der Waals surface area contributed by atoms with E-state index in [1.165, 1.54) is 24.3 Å². The van der Waals surface area contributed by atoms with Crippen LogP contribution in [0.1, 0.15) is 28.1 Å². The van der Waals surface area contributed by atoms with Gasteiger partial charge in [-0.05, 0) is 62.7 Å². The molecule has 0 radical (unpaired) electrons. The van der Waals surface area contributed by atoms with Crippen molar-refractivity contribution in [2.24, 2.45) is 22.7 Å². The number of carbonyl (C=O) groups is 3. The van der Waals surface area contributed by atoms with E-state index in [1.54, 1.807) is 32.3 Å². The molecule has 6 N–H and O–H groups in total. The fourth-order valence-corrected chi connectivity index (χ4v) is 6.15. The summed E-state index contributed by atoms with van der Waals surface area (Å²) in [4.78, 5) is 45.4. The predicted molar refractivity (Wildman–Crippen MR) is 136 cm³/mol. The monoisotopic (exact) mass is 537 g/mol. The fourth-order valence-electron chi connectivity index (χ4n) is 6.15. The molecule has 0 aliphatic heterocycles. The van der Waals surface area contributed by atoms with Gasteiger partial charge in [-0.2, -0.15) is 0 Å². The Hall–Kier alpha value is -4.42. The molecule has 0 spiro atoms. The number of oxime groups is 1. The summed E-state index contributed by atoms with van der Waals surface area (Å²) in [5.41, 5.74) is 2.47. The van der Waals surface area contributed by atoms with Crippen molar-refractivity contribution in [3.8, 4) is 17.1 Å². The fraction of sp³-hybridized carbons (Fsp3) is 0.333. The first-order valence-electron chi connectivity index (χ1n) is 12.1. The number of phenolic OH excluding ortho intramolecular Hbond substituents is 1. The largest absolute Gasteiger partial charge is 0.510 e. The summed E-state index contributed by atoms with van der Waals surface area (Å²) in [5, 5.41) is 48.2. The molecule has 0 saturated heterocycles. The van der Waals surface area contributed by atoms with Gasteiger partial charge in [0.1, 0.15) is 47.7 Å². The van der Waals surface area contributed by atoms with E-state index in [9.17, 15) is 34.8 Å². The third kappa shape index (κ3) is 3.67. The Balaban J connectivity index is 1.68. The first kappa shape index (κ1) is 26.2. The number of nitrogens with two attached hydrogens (primary N) is 1. The number of nitrogens with zero attached hydrogens (tertiary/aromatic N) is 2. The highest BCUT2D eigenvalue weighted by atomic mass is 16.6. The third-order valence-corrected chi connectivity index (χ3v) is 7.78. The van der Waals surface area contributed by atoms with E-state index in [0.29, 0.717) is 22.6 Å². The van der Waals surface area contributed by atoms with Crippen LogP contribution in [0.15, 0.2) is 56.5 Å². The molecule has 0 bridgehead atoms. The highest BCUT2D eigenvalue weighted by Gasteiger charge is 2.63. The molecule has 2 aromatic rings. The second kappa shape index (κ2) is 9.10. The van der Waals surface area contributed by atoms with Gasteiger partial charge in [0.15, 0.2) is 11.4 Å². The highest BCUT2D eigenvalue weighted by Crippen LogP contribution is 2.53. The number of likely N-dealkylation sites (N-methyl/N-ethyl adjacent to an activating group) is 1. The summed E-state index contributed by atoms with van der Waals surface area (Å²) in [6.45, 7) is 0. The van der Waals surface area contributed by atoms with Crippen LogP contribution in [0.25, 0.3) is 11.3 Å². The molecule has 0 saturated carbocycles. The maximum atomic E-state index is 13.8. The molecular formula is C27H27N3O9. The number of Topliss-reactive ketones (excluding diaryl/α,β-unsaturated/α-hetero) is 2. The number of rotatable bonds is 5. The van der Waals surface area contributed by atoms with E-state index < -0.39 is 58.0 Å². The Morgan fingerprint density at radius 1 is 1.21 bits per heavy atom. The Morgan fingerprint density at radius 2 is 1.92 bits per heavy atom. The van der Waals surface area contributed by atoms with Gasteiger partial charge in [0.2, 0.25) is 5.78 Å². The van der Waals surface area contributed by atoms with Crippen molar-refractivity contribution in [1.82, 2.24) is 4.90 Å². The normalized spacial score (nSPS) is 26.6. The number of aliphatic hydroxyl groups is 3. The number of benzene rings is 1. The van der Waals surface area contributed by atoms with Gasteiger partial charge < -0.3 is 35.4 Å². The van der Waals surface area contributed by atoms with Crippen molar-refractivity contribution < 1.29 is 44.1 Å². The van der Waals surface area contributed by atoms with Crippen LogP contribution in [0.2, 0.25) is 0 Å². The molecule has 3 aliphatic carbocycles. The topological polar surface area (TPSA) is 196 Å². The molecule has 1 unspecified atom stereocenters. The summed E-state index contributed by atoms with van der Waals surface area (Å²) >= 11 is 0. The average Bonchev–Trinajstić information content (AvgIpc) is 3.33. The SMILES string of the molecule is CO/N=C/c1ccc(-c2ccc(O)c3c2C[C@@H]2C[C@H]4C(N(C)C)C(O)=C(C(N)=O)C(=O)[C@@]4(O)C(O)=C2C3=O)o1. The number of fused-ring (bicyclic) bond motifs is 3. The predicted octanol–water partition coefficient (Wildman–Crippen LogP) is 1.36. The lowest BCUT2D eigenvalue weighted by Crippen LogP contribution is -2.63. The summed E-state index contributed by atoms with van der Waals surface area (Å²) in [5.74, 6) is -6.23. The molecule has 1 aromatic carbocycles. The summed E-state index contributed by atoms with van der Waals surface area (Å²) in [6.07, 6.45) is 1.50. The van der Waals surface area contributed by atoms with Gasteiger partial charge in [-0.15, -0.1) is 0 Å². The highest BCUT2D eigenvalue weighted by molar-refractivity contribution is 6.24. The number of ketones is 2. The molecule has 1 aromatic heterocycles. The minimum Gasteiger partial charge on any atom is -0.510 e. The number of aromatic hydroxyl groups is 1. The van der Waals surface area contributed by atoms with Crippen molar-refractivity contribution in [2.45, 2.75) is 24.5 Å². The number of hydrogen-bond donors (Lipinski definition) is 5. The van der Waals surface area contributed by atoms with Gasteiger partial charge in [-0.3, -0.25) is 19.3 Å². The molecule has 12 heteroatoms. The second-order valence-corrected chi connectivity index (χ2v) is 10.1. The molecule has 1 amide bonds. The first-order chi connectivity index (χ1) is 18.4. The number of allylic oxidation sites excluding steroid dienone is 1. The molecule has 204 valence electrons. The van der Waals surface area contributed by atoms with Crippen molar-refractivity contribution in [2.75, 3.05) is 21.2 Å². The van der Waals surface area contributed by atoms with Gasteiger partial charge in [0.25, 0.3) is 5.91 Å². The van der Waals surface area contributed by atoms with Crippen LogP contribution in [0, 0.1) is 11.8 Å². The lowest BCUT2D eigenvalue weighted by molar-refractivity contribution is -0.148. The number of furan rings is 1. The van der Waals surface area contributed by atoms with E-state index >= 15 is 0 Å². The number of carbonyl (C=O) groups excluding carboxylic acids is 3. The number of primary amides is 1. The lowest BCUT2D eigenvalue weighted by Gasteiger charge is -2.50. The summed E-state index contributed by atoms with van der Waals surface area (Å²) in [7, 11) is 4.54. The van der Waals surface area contributed by atoms with E-state index in [2.05, 4.69) is 9.99 Å². The van der Waals surface area contributed by atoms with Crippen molar-refractivity contribution in [3.05, 3.63) is 63.8 Å². The maximum Gasteiger partial charge on any atom is 0.255 e. The van der Waals surface area contributed by atoms with Crippen LogP contribution in [0.3, 0.4) is 0 Å². The molecule has 5 rings (SSSR count). The number of amides is 1. The molecule has 12 nitrogen and oxygen atoms in total. The minimum absolute atomic E-state index is 0.00917. The van der Waals surface area contributed by atoms with E-state index in [4.69, 9.17) is 10.2 Å². The third-order valence-electron chi connectivity index (χ3n) is 7.78. The first-order valence-corrected chi connectivity index (χ1v) is 12.1. The molecule has 1 heterocycles. The Morgan fingerprint density at radius 3 is 2.56 bits per heavy atom. The van der Waals surface area contributed by atoms with Crippen molar-refractivity contribution >= 4 is 23.7 Å². The van der Waals surface area contributed by atoms with Crippen molar-refractivity contribution in [3.63, 3.8) is 0 Å². The molecular weight excluding hydrogens is 510 g/mol. The van der Waals surface area contributed by atoms with Gasteiger partial charge in [0.05, 0.1) is 11.6 Å². The van der Waals surface area contributed by atoms with Crippen LogP contribution in [-0.2, 0) is 20.8 Å². The van der Waals surface area contributed by atoms with Crippen LogP contribution in [0.5, 0.6) is 5.75 Å². The van der Waals surface area contributed by atoms with Gasteiger partial charge >= 0.3 is 0 Å². The van der Waals surface area contributed by atoms with Crippen LogP contribution < -0.4 is 5.73 Å². The van der Waals surface area contributed by atoms with E-state index in [1.807, 2.05) is 0 Å². The van der Waals surface area contributed by atoms with Gasteiger partial charge in [0, 0.05) is 17.1 Å². The zero-order chi connectivity index (χ0) is 28.4. The molecule has 39 heavy (non-hydrogen) atoms. The zero-order valence-corrected chi connectivity index (χ0v) is 21.3. The smallest absolute Gasteiger partial charge is 0.255 e. The molecule has 0 fully saturated rings. The standard InChI is InChI=1S/C27H27N3O9/c1-30(2)21-15-9-11-8-14-13(17-7-4-12(39-17)10-29-38-3)5-6-16(31)19(14)22(32)18(11)24(34)27(15,37)25(35)20(23(21)33)26(28)36/h4-7,10-11,15,21,31,33-34,37H,8-9H2,1-3H3,(H2,28,36)/b29-10+/t11-,15+,21?,27+/m1/s1. The molecule has 4 atom stereocenters. The van der Waals surface area contributed by atoms with Crippen LogP contribution in [0.4, 0.5) is 0 Å². The summed E-state index contributed by atoms with van der Waals surface area (Å²) in [6, 6.07) is 5.18. The zero-order valence-electron chi connectivity index (χ0n) is 21.3. The van der Waals surface area contributed by atoms with E-state index in [-0.39, 0.29) is 29.7 Å². The second-order valence-electron chi connectivity index (χ2n) is 10.1. The van der Waals surface area contributed by atoms with Crippen LogP contribution in [-0.4, -0.2) is 81.9 Å². The number of aliphatic hydroxyl groups excluding tert-OH is 2. The Bertz CT molecular complexity index is 1520. The lowest BCUT2D eigenvalue weighted by atomic mass is 9.58. The van der Waals surface area contributed by atoms with Gasteiger partial charge in [-0.25, -0.2) is 0 Å². The number of phenols is 1. The minimum atomic E-state index is -2.69. The summed E-state index contributed by atoms with van der Waals surface area (Å²) < 4.78 is 5.83. The average molecular weight is 538 g/mol.